The largest absolute Gasteiger partial charge is 0.360 e. The van der Waals surface area contributed by atoms with Crippen LogP contribution in [-0.2, 0) is 22.2 Å². The van der Waals surface area contributed by atoms with Crippen LogP contribution >= 0.6 is 0 Å². The van der Waals surface area contributed by atoms with Crippen LogP contribution < -0.4 is 10.0 Å². The number of nitrogens with one attached hydrogen (secondary N) is 2. The maximum Gasteiger partial charge on any atom is 0.236 e. The number of hydrogen-bond donors (Lipinski definition) is 2. The highest BCUT2D eigenvalue weighted by molar-refractivity contribution is 7.91. The third kappa shape index (κ3) is 4.60. The van der Waals surface area contributed by atoms with Crippen LogP contribution in [0.4, 0.5) is 11.4 Å². The zero-order valence-corrected chi connectivity index (χ0v) is 17.2. The Bertz CT molecular complexity index is 1200. The number of Topliss-reactive ketones (excluding diaryl/α,β-unsaturated/α-hetero) is 1. The van der Waals surface area contributed by atoms with Crippen molar-refractivity contribution >= 4 is 27.2 Å². The average molecular weight is 419 g/mol. The monoisotopic (exact) mass is 418 g/mol. The summed E-state index contributed by atoms with van der Waals surface area (Å²) in [5, 5.41) is 3.12. The van der Waals surface area contributed by atoms with Crippen molar-refractivity contribution in [2.75, 3.05) is 10.0 Å². The molecule has 5 nitrogen and oxygen atoms in total. The molecule has 0 aliphatic heterocycles. The van der Waals surface area contributed by atoms with Gasteiger partial charge in [-0.2, -0.15) is 0 Å². The molecule has 0 aromatic heterocycles. The van der Waals surface area contributed by atoms with Gasteiger partial charge in [-0.25, -0.2) is 8.42 Å². The highest BCUT2D eigenvalue weighted by Crippen LogP contribution is 2.27. The fourth-order valence-corrected chi connectivity index (χ4v) is 4.73. The number of carbonyl (C=O) groups excluding carboxylic acids is 1. The second-order valence-corrected chi connectivity index (χ2v) is 8.91. The minimum atomic E-state index is -3.58. The smallest absolute Gasteiger partial charge is 0.236 e. The summed E-state index contributed by atoms with van der Waals surface area (Å²) in [6.45, 7) is 0. The van der Waals surface area contributed by atoms with Crippen molar-refractivity contribution < 1.29 is 13.2 Å². The van der Waals surface area contributed by atoms with Crippen molar-refractivity contribution in [3.8, 4) is 0 Å². The van der Waals surface area contributed by atoms with Gasteiger partial charge in [-0.05, 0) is 36.1 Å². The lowest BCUT2D eigenvalue weighted by atomic mass is 9.87. The van der Waals surface area contributed by atoms with E-state index < -0.39 is 10.0 Å². The van der Waals surface area contributed by atoms with E-state index >= 15 is 0 Å². The van der Waals surface area contributed by atoms with E-state index in [4.69, 9.17) is 0 Å². The van der Waals surface area contributed by atoms with Crippen molar-refractivity contribution in [2.24, 2.45) is 0 Å². The lowest BCUT2D eigenvalue weighted by molar-refractivity contribution is 0.102. The quantitative estimate of drug-likeness (QED) is 0.566. The number of rotatable bonds is 6. The summed E-state index contributed by atoms with van der Waals surface area (Å²) in [6, 6.07) is 23.7. The Hall–Kier alpha value is -3.38. The summed E-state index contributed by atoms with van der Waals surface area (Å²) < 4.78 is 27.9. The number of anilines is 2. The first-order chi connectivity index (χ1) is 14.5. The molecular weight excluding hydrogens is 396 g/mol. The number of fused-ring (bicyclic) bond motifs is 1. The van der Waals surface area contributed by atoms with Crippen molar-refractivity contribution in [2.45, 2.75) is 18.6 Å². The Balaban J connectivity index is 1.52. The molecule has 0 spiro atoms. The molecule has 1 aliphatic rings. The van der Waals surface area contributed by atoms with Crippen LogP contribution in [0.25, 0.3) is 0 Å². The van der Waals surface area contributed by atoms with Crippen LogP contribution in [0.3, 0.4) is 0 Å². The van der Waals surface area contributed by atoms with Gasteiger partial charge in [0.2, 0.25) is 10.0 Å². The number of sulfonamides is 1. The normalized spacial score (nSPS) is 14.9. The van der Waals surface area contributed by atoms with Gasteiger partial charge in [0.15, 0.2) is 5.78 Å². The summed E-state index contributed by atoms with van der Waals surface area (Å²) in [6.07, 6.45) is 3.13. The summed E-state index contributed by atoms with van der Waals surface area (Å²) in [4.78, 5) is 12.7. The standard InChI is InChI=1S/C24H22N2O3S/c27-24-20(15-14-19-10-4-5-11-21(19)24)16-25-22-12-6-7-13-23(22)26-30(28,29)17-18-8-2-1-3-9-18/h1-13,16,25-26H,14-15,17H2/b20-16+. The summed E-state index contributed by atoms with van der Waals surface area (Å²) >= 11 is 0. The maximum atomic E-state index is 12.7. The molecule has 0 fully saturated rings. The maximum absolute atomic E-state index is 12.7. The third-order valence-corrected chi connectivity index (χ3v) is 6.26. The van der Waals surface area contributed by atoms with Crippen molar-refractivity contribution in [3.05, 3.63) is 107 Å². The Morgan fingerprint density at radius 1 is 0.800 bits per heavy atom. The average Bonchev–Trinajstić information content (AvgIpc) is 2.74. The van der Waals surface area contributed by atoms with Crippen LogP contribution in [0.5, 0.6) is 0 Å². The molecular formula is C24H22N2O3S. The van der Waals surface area contributed by atoms with E-state index in [2.05, 4.69) is 10.0 Å². The van der Waals surface area contributed by atoms with Crippen LogP contribution in [0.15, 0.2) is 90.6 Å². The molecule has 4 rings (SSSR count). The first-order valence-corrected chi connectivity index (χ1v) is 11.4. The van der Waals surface area contributed by atoms with Crippen LogP contribution in [0, 0.1) is 0 Å². The van der Waals surface area contributed by atoms with E-state index in [9.17, 15) is 13.2 Å². The van der Waals surface area contributed by atoms with Gasteiger partial charge < -0.3 is 5.32 Å². The molecule has 0 bridgehead atoms. The molecule has 0 radical (unpaired) electrons. The van der Waals surface area contributed by atoms with Gasteiger partial charge in [-0.3, -0.25) is 9.52 Å². The minimum absolute atomic E-state index is 0.00601. The highest BCUT2D eigenvalue weighted by atomic mass is 32.2. The molecule has 30 heavy (non-hydrogen) atoms. The number of carbonyl (C=O) groups is 1. The Morgan fingerprint density at radius 2 is 1.47 bits per heavy atom. The van der Waals surface area contributed by atoms with Crippen LogP contribution in [-0.4, -0.2) is 14.2 Å². The molecule has 152 valence electrons. The number of allylic oxidation sites excluding steroid dienone is 1. The van der Waals surface area contributed by atoms with Crippen molar-refractivity contribution in [1.29, 1.82) is 0 Å². The first kappa shape index (κ1) is 19.9. The molecule has 6 heteroatoms. The zero-order valence-electron chi connectivity index (χ0n) is 16.3. The molecule has 0 amide bonds. The van der Waals surface area contributed by atoms with Gasteiger partial charge in [0.1, 0.15) is 0 Å². The van der Waals surface area contributed by atoms with Gasteiger partial charge in [0.05, 0.1) is 17.1 Å². The van der Waals surface area contributed by atoms with E-state index in [0.29, 0.717) is 28.9 Å². The van der Waals surface area contributed by atoms with E-state index in [1.807, 2.05) is 48.5 Å². The predicted molar refractivity (Wildman–Crippen MR) is 120 cm³/mol. The topological polar surface area (TPSA) is 75.3 Å². The molecule has 0 saturated heterocycles. The van der Waals surface area contributed by atoms with Gasteiger partial charge in [-0.15, -0.1) is 0 Å². The number of ketones is 1. The summed E-state index contributed by atoms with van der Waals surface area (Å²) in [5.74, 6) is -0.107. The van der Waals surface area contributed by atoms with Crippen LogP contribution in [0.1, 0.15) is 27.9 Å². The van der Waals surface area contributed by atoms with Crippen molar-refractivity contribution in [1.82, 2.24) is 0 Å². The molecule has 0 heterocycles. The number of aryl methyl sites for hydroxylation is 1. The van der Waals surface area contributed by atoms with E-state index in [-0.39, 0.29) is 11.5 Å². The van der Waals surface area contributed by atoms with Crippen LogP contribution in [0.2, 0.25) is 0 Å². The second-order valence-electron chi connectivity index (χ2n) is 7.19. The number of hydrogen-bond acceptors (Lipinski definition) is 4. The molecule has 3 aromatic carbocycles. The number of benzene rings is 3. The van der Waals surface area contributed by atoms with E-state index in [1.165, 1.54) is 0 Å². The van der Waals surface area contributed by atoms with E-state index in [0.717, 1.165) is 17.5 Å². The van der Waals surface area contributed by atoms with E-state index in [1.54, 1.807) is 36.5 Å². The lowest BCUT2D eigenvalue weighted by Crippen LogP contribution is -2.17. The SMILES string of the molecule is O=C1/C(=C/Nc2ccccc2NS(=O)(=O)Cc2ccccc2)CCc2ccccc21. The Labute approximate surface area is 176 Å². The lowest BCUT2D eigenvalue weighted by Gasteiger charge is -2.18. The second kappa shape index (κ2) is 8.55. The fraction of sp³-hybridized carbons (Fsp3) is 0.125. The molecule has 0 saturated carbocycles. The zero-order chi connectivity index (χ0) is 21.0. The molecule has 0 atom stereocenters. The minimum Gasteiger partial charge on any atom is -0.360 e. The van der Waals surface area contributed by atoms with Gasteiger partial charge in [0.25, 0.3) is 0 Å². The van der Waals surface area contributed by atoms with Gasteiger partial charge in [-0.1, -0.05) is 66.7 Å². The summed E-state index contributed by atoms with van der Waals surface area (Å²) in [5.41, 5.74) is 4.21. The number of para-hydroxylation sites is 2. The molecule has 1 aliphatic carbocycles. The fourth-order valence-electron chi connectivity index (χ4n) is 3.51. The Morgan fingerprint density at radius 3 is 2.27 bits per heavy atom. The molecule has 2 N–H and O–H groups in total. The van der Waals surface area contributed by atoms with Crippen molar-refractivity contribution in [3.63, 3.8) is 0 Å². The molecule has 0 unspecified atom stereocenters. The van der Waals surface area contributed by atoms with Gasteiger partial charge in [0, 0.05) is 17.3 Å². The highest BCUT2D eigenvalue weighted by Gasteiger charge is 2.21. The summed E-state index contributed by atoms with van der Waals surface area (Å²) in [7, 11) is -3.58. The first-order valence-electron chi connectivity index (χ1n) is 9.73. The predicted octanol–water partition coefficient (Wildman–Crippen LogP) is 4.75. The molecule has 3 aromatic rings. The van der Waals surface area contributed by atoms with Gasteiger partial charge >= 0.3 is 0 Å². The Kier molecular flexibility index (Phi) is 5.68. The third-order valence-electron chi connectivity index (χ3n) is 5.01.